The van der Waals surface area contributed by atoms with Gasteiger partial charge in [-0.15, -0.1) is 0 Å². The molecular weight excluding hydrogens is 522 g/mol. The molecule has 0 aliphatic rings. The molecule has 0 saturated carbocycles. The fourth-order valence-electron chi connectivity index (χ4n) is 5.20. The van der Waals surface area contributed by atoms with Crippen LogP contribution in [0.25, 0.3) is 0 Å². The summed E-state index contributed by atoms with van der Waals surface area (Å²) in [5.41, 5.74) is 4.59. The van der Waals surface area contributed by atoms with E-state index in [-0.39, 0.29) is 0 Å². The van der Waals surface area contributed by atoms with Crippen LogP contribution in [0.5, 0.6) is 0 Å². The third-order valence-corrected chi connectivity index (χ3v) is 10.2. The Kier molecular flexibility index (Phi) is 7.60. The normalized spacial score (nSPS) is 11.0. The molecule has 0 saturated heterocycles. The predicted molar refractivity (Wildman–Crippen MR) is 172 cm³/mol. The summed E-state index contributed by atoms with van der Waals surface area (Å²) >= 11 is 0. The van der Waals surface area contributed by atoms with Crippen molar-refractivity contribution in [1.82, 2.24) is 0 Å². The first kappa shape index (κ1) is 26.1. The number of halogens is 1. The molecule has 6 rings (SSSR count). The van der Waals surface area contributed by atoms with Crippen molar-refractivity contribution in [2.24, 2.45) is 0 Å². The average molecular weight is 552 g/mol. The second-order valence-corrected chi connectivity index (χ2v) is 12.0. The molecule has 0 spiro atoms. The van der Waals surface area contributed by atoms with Crippen molar-refractivity contribution in [2.45, 2.75) is 0 Å². The number of anilines is 6. The lowest BCUT2D eigenvalue weighted by Gasteiger charge is -2.49. The molecule has 6 aromatic carbocycles. The zero-order chi connectivity index (χ0) is 27.9. The highest BCUT2D eigenvalue weighted by atomic mass is 28.4. The molecule has 0 atom stereocenters. The monoisotopic (exact) mass is 551 g/mol. The summed E-state index contributed by atoms with van der Waals surface area (Å²) in [5.74, 6) is 0. The molecule has 0 bridgehead atoms. The second kappa shape index (κ2) is 11.9. The van der Waals surface area contributed by atoms with E-state index in [1.54, 1.807) is 0 Å². The van der Waals surface area contributed by atoms with E-state index in [2.05, 4.69) is 0 Å². The Morgan fingerprint density at radius 2 is 0.415 bits per heavy atom. The molecule has 0 fully saturated rings. The third kappa shape index (κ3) is 5.23. The van der Waals surface area contributed by atoms with Gasteiger partial charge in [-0.2, -0.15) is 0 Å². The van der Waals surface area contributed by atoms with E-state index >= 15 is 4.11 Å². The van der Waals surface area contributed by atoms with Crippen LogP contribution in [0, 0.1) is 0 Å². The van der Waals surface area contributed by atoms with Crippen molar-refractivity contribution in [3.8, 4) is 0 Å². The quantitative estimate of drug-likeness (QED) is 0.131. The van der Waals surface area contributed by atoms with Gasteiger partial charge in [0.15, 0.2) is 0 Å². The van der Waals surface area contributed by atoms with Crippen LogP contribution in [-0.4, -0.2) is 8.89 Å². The van der Waals surface area contributed by atoms with Crippen LogP contribution in [0.3, 0.4) is 0 Å². The number of hydrogen-bond donors (Lipinski definition) is 0. The number of rotatable bonds is 9. The number of benzene rings is 6. The highest BCUT2D eigenvalue weighted by Gasteiger charge is 2.58. The van der Waals surface area contributed by atoms with Gasteiger partial charge in [0, 0.05) is 34.1 Å². The second-order valence-electron chi connectivity index (χ2n) is 9.57. The fraction of sp³-hybridized carbons (Fsp3) is 0. The summed E-state index contributed by atoms with van der Waals surface area (Å²) in [4.78, 5) is 0. The third-order valence-electron chi connectivity index (χ3n) is 6.94. The van der Waals surface area contributed by atoms with Crippen LogP contribution >= 0.6 is 0 Å². The number of para-hydroxylation sites is 6. The first-order chi connectivity index (χ1) is 20.3. The van der Waals surface area contributed by atoms with Gasteiger partial charge in [-0.1, -0.05) is 109 Å². The molecular formula is C36H30FN3Si. The Bertz CT molecular complexity index is 1320. The van der Waals surface area contributed by atoms with Gasteiger partial charge in [-0.3, -0.25) is 0 Å². The smallest absolute Gasteiger partial charge is 0.307 e. The summed E-state index contributed by atoms with van der Waals surface area (Å²) < 4.78 is 25.5. The molecule has 0 unspecified atom stereocenters. The van der Waals surface area contributed by atoms with Gasteiger partial charge in [-0.25, -0.2) is 4.11 Å². The molecule has 200 valence electrons. The van der Waals surface area contributed by atoms with Crippen molar-refractivity contribution in [3.05, 3.63) is 182 Å². The summed E-state index contributed by atoms with van der Waals surface area (Å²) in [5, 5.41) is 0. The summed E-state index contributed by atoms with van der Waals surface area (Å²) in [6.45, 7) is 0. The van der Waals surface area contributed by atoms with Gasteiger partial charge < -0.3 is 13.7 Å². The topological polar surface area (TPSA) is 9.72 Å². The van der Waals surface area contributed by atoms with Crippen LogP contribution in [-0.2, 0) is 0 Å². The average Bonchev–Trinajstić information content (AvgIpc) is 3.04. The van der Waals surface area contributed by atoms with Gasteiger partial charge in [0.25, 0.3) is 0 Å². The minimum absolute atomic E-state index is 0.765. The molecule has 0 aliphatic heterocycles. The summed E-state index contributed by atoms with van der Waals surface area (Å²) in [6.07, 6.45) is 0. The van der Waals surface area contributed by atoms with Crippen LogP contribution in [0.4, 0.5) is 38.2 Å². The Morgan fingerprint density at radius 1 is 0.268 bits per heavy atom. The minimum Gasteiger partial charge on any atom is -0.307 e. The standard InChI is InChI=1S/C36H30FN3Si/c37-41(38(31-19-7-1-8-20-31)32-21-9-2-10-22-32,39(33-23-11-3-12-24-33)34-25-13-4-14-26-34)40(35-27-15-5-16-28-35)36-29-17-6-18-30-36/h1-30H. The van der Waals surface area contributed by atoms with Crippen LogP contribution in [0.15, 0.2) is 182 Å². The maximum Gasteiger partial charge on any atom is 0.598 e. The van der Waals surface area contributed by atoms with Crippen molar-refractivity contribution in [2.75, 3.05) is 13.7 Å². The maximum absolute atomic E-state index is 19.8. The molecule has 5 heteroatoms. The molecule has 41 heavy (non-hydrogen) atoms. The van der Waals surface area contributed by atoms with Crippen LogP contribution in [0.1, 0.15) is 0 Å². The summed E-state index contributed by atoms with van der Waals surface area (Å²) in [7, 11) is -4.58. The number of hydrogen-bond acceptors (Lipinski definition) is 3. The van der Waals surface area contributed by atoms with E-state index in [0.717, 1.165) is 34.1 Å². The maximum atomic E-state index is 19.8. The fourth-order valence-corrected chi connectivity index (χ4v) is 8.66. The first-order valence-corrected chi connectivity index (χ1v) is 15.4. The van der Waals surface area contributed by atoms with Gasteiger partial charge in [0.1, 0.15) is 0 Å². The molecule has 6 aromatic rings. The van der Waals surface area contributed by atoms with E-state index < -0.39 is 8.89 Å². The van der Waals surface area contributed by atoms with E-state index in [9.17, 15) is 0 Å². The predicted octanol–water partition coefficient (Wildman–Crippen LogP) is 9.91. The van der Waals surface area contributed by atoms with E-state index in [4.69, 9.17) is 0 Å². The zero-order valence-electron chi connectivity index (χ0n) is 22.5. The SMILES string of the molecule is F[Si](N(c1ccccc1)c1ccccc1)(N(c1ccccc1)c1ccccc1)N(c1ccccc1)c1ccccc1. The van der Waals surface area contributed by atoms with Crippen molar-refractivity contribution in [3.63, 3.8) is 0 Å². The van der Waals surface area contributed by atoms with Gasteiger partial charge in [0.05, 0.1) is 0 Å². The van der Waals surface area contributed by atoms with Gasteiger partial charge in [0.2, 0.25) is 0 Å². The van der Waals surface area contributed by atoms with Crippen LogP contribution < -0.4 is 13.7 Å². The van der Waals surface area contributed by atoms with Gasteiger partial charge >= 0.3 is 8.89 Å². The van der Waals surface area contributed by atoms with Crippen LogP contribution in [0.2, 0.25) is 0 Å². The molecule has 0 amide bonds. The zero-order valence-corrected chi connectivity index (χ0v) is 23.5. The molecule has 3 nitrogen and oxygen atoms in total. The molecule has 0 aliphatic carbocycles. The van der Waals surface area contributed by atoms with Crippen molar-refractivity contribution >= 4 is 43.0 Å². The van der Waals surface area contributed by atoms with E-state index in [1.165, 1.54) is 0 Å². The largest absolute Gasteiger partial charge is 0.598 e. The Balaban J connectivity index is 1.75. The molecule has 0 radical (unpaired) electrons. The first-order valence-electron chi connectivity index (χ1n) is 13.7. The lowest BCUT2D eigenvalue weighted by molar-refractivity contribution is 0.748. The molecule has 0 heterocycles. The lowest BCUT2D eigenvalue weighted by atomic mass is 10.2. The molecule has 0 aromatic heterocycles. The highest BCUT2D eigenvalue weighted by Crippen LogP contribution is 2.46. The Hall–Kier alpha value is -5.13. The summed E-state index contributed by atoms with van der Waals surface area (Å²) in [6, 6.07) is 59.1. The molecule has 0 N–H and O–H groups in total. The van der Waals surface area contributed by atoms with E-state index in [1.807, 2.05) is 196 Å². The Morgan fingerprint density at radius 3 is 0.561 bits per heavy atom. The Labute approximate surface area is 242 Å². The van der Waals surface area contributed by atoms with Crippen molar-refractivity contribution < 1.29 is 4.11 Å². The lowest BCUT2D eigenvalue weighted by Crippen LogP contribution is -2.70. The van der Waals surface area contributed by atoms with Gasteiger partial charge in [-0.05, 0) is 72.8 Å². The minimum atomic E-state index is -4.58. The number of nitrogens with zero attached hydrogens (tertiary/aromatic N) is 3. The van der Waals surface area contributed by atoms with E-state index in [0.29, 0.717) is 0 Å². The highest BCUT2D eigenvalue weighted by molar-refractivity contribution is 6.87. The van der Waals surface area contributed by atoms with Crippen molar-refractivity contribution in [1.29, 1.82) is 0 Å².